The predicted octanol–water partition coefficient (Wildman–Crippen LogP) is 3.12. The van der Waals surface area contributed by atoms with Crippen LogP contribution in [0.3, 0.4) is 0 Å². The fourth-order valence-electron chi connectivity index (χ4n) is 1.84. The van der Waals surface area contributed by atoms with E-state index in [4.69, 9.17) is 5.73 Å². The van der Waals surface area contributed by atoms with Gasteiger partial charge in [0.25, 0.3) is 0 Å². The Balaban J connectivity index is 2.04. The Kier molecular flexibility index (Phi) is 4.28. The quantitative estimate of drug-likeness (QED) is 0.896. The van der Waals surface area contributed by atoms with Gasteiger partial charge in [-0.1, -0.05) is 37.3 Å². The summed E-state index contributed by atoms with van der Waals surface area (Å²) in [6.45, 7) is 2.12. The maximum absolute atomic E-state index is 12.1. The van der Waals surface area contributed by atoms with Crippen molar-refractivity contribution >= 4 is 17.1 Å². The van der Waals surface area contributed by atoms with Gasteiger partial charge in [-0.05, 0) is 24.1 Å². The third kappa shape index (κ3) is 3.06. The van der Waals surface area contributed by atoms with E-state index in [1.807, 2.05) is 36.4 Å². The SMILES string of the molecule is CCc1ccc(CC(=O)[C@H](N)c2ccccc2)s1. The van der Waals surface area contributed by atoms with Gasteiger partial charge in [-0.25, -0.2) is 0 Å². The van der Waals surface area contributed by atoms with Gasteiger partial charge in [-0.2, -0.15) is 0 Å². The summed E-state index contributed by atoms with van der Waals surface area (Å²) in [5.74, 6) is 0.0747. The van der Waals surface area contributed by atoms with E-state index >= 15 is 0 Å². The molecule has 0 unspecified atom stereocenters. The Morgan fingerprint density at radius 2 is 1.83 bits per heavy atom. The number of carbonyl (C=O) groups is 1. The highest BCUT2D eigenvalue weighted by Crippen LogP contribution is 2.20. The topological polar surface area (TPSA) is 43.1 Å². The van der Waals surface area contributed by atoms with Gasteiger partial charge in [-0.15, -0.1) is 11.3 Å². The normalized spacial score (nSPS) is 12.3. The zero-order chi connectivity index (χ0) is 13.0. The molecule has 0 saturated carbocycles. The fraction of sp³-hybridized carbons (Fsp3) is 0.267. The lowest BCUT2D eigenvalue weighted by Crippen LogP contribution is -2.22. The van der Waals surface area contributed by atoms with E-state index in [2.05, 4.69) is 13.0 Å². The van der Waals surface area contributed by atoms with Gasteiger partial charge in [-0.3, -0.25) is 4.79 Å². The van der Waals surface area contributed by atoms with E-state index in [0.717, 1.165) is 16.9 Å². The molecule has 0 aliphatic heterocycles. The molecule has 0 amide bonds. The summed E-state index contributed by atoms with van der Waals surface area (Å²) >= 11 is 1.70. The Labute approximate surface area is 111 Å². The third-order valence-corrected chi connectivity index (χ3v) is 4.15. The number of carbonyl (C=O) groups excluding carboxylic acids is 1. The van der Waals surface area contributed by atoms with Crippen LogP contribution in [-0.2, 0) is 17.6 Å². The Bertz CT molecular complexity index is 518. The lowest BCUT2D eigenvalue weighted by atomic mass is 10.0. The minimum absolute atomic E-state index is 0.0747. The summed E-state index contributed by atoms with van der Waals surface area (Å²) in [6, 6.07) is 13.1. The molecule has 0 bridgehead atoms. The fourth-order valence-corrected chi connectivity index (χ4v) is 2.80. The number of aryl methyl sites for hydroxylation is 1. The number of ketones is 1. The van der Waals surface area contributed by atoms with E-state index in [9.17, 15) is 4.79 Å². The zero-order valence-corrected chi connectivity index (χ0v) is 11.2. The molecule has 0 fully saturated rings. The minimum atomic E-state index is -0.515. The lowest BCUT2D eigenvalue weighted by Gasteiger charge is -2.09. The number of nitrogens with two attached hydrogens (primary N) is 1. The van der Waals surface area contributed by atoms with E-state index in [1.165, 1.54) is 4.88 Å². The largest absolute Gasteiger partial charge is 0.318 e. The van der Waals surface area contributed by atoms with Gasteiger partial charge in [0.05, 0.1) is 6.04 Å². The molecule has 3 heteroatoms. The molecular formula is C15H17NOS. The molecule has 0 radical (unpaired) electrons. The first-order valence-electron chi connectivity index (χ1n) is 6.11. The molecule has 18 heavy (non-hydrogen) atoms. The first-order valence-corrected chi connectivity index (χ1v) is 6.93. The molecule has 2 aromatic rings. The average molecular weight is 259 g/mol. The molecule has 2 nitrogen and oxygen atoms in total. The van der Waals surface area contributed by atoms with Crippen LogP contribution in [0.25, 0.3) is 0 Å². The molecular weight excluding hydrogens is 242 g/mol. The highest BCUT2D eigenvalue weighted by atomic mass is 32.1. The zero-order valence-electron chi connectivity index (χ0n) is 10.4. The van der Waals surface area contributed by atoms with E-state index in [1.54, 1.807) is 11.3 Å². The number of hydrogen-bond acceptors (Lipinski definition) is 3. The van der Waals surface area contributed by atoms with Crippen LogP contribution >= 0.6 is 11.3 Å². The molecule has 1 atom stereocenters. The van der Waals surface area contributed by atoms with E-state index < -0.39 is 6.04 Å². The first-order chi connectivity index (χ1) is 8.70. The second kappa shape index (κ2) is 5.94. The Morgan fingerprint density at radius 1 is 1.17 bits per heavy atom. The minimum Gasteiger partial charge on any atom is -0.318 e. The van der Waals surface area contributed by atoms with Crippen LogP contribution < -0.4 is 5.73 Å². The second-order valence-electron chi connectivity index (χ2n) is 4.25. The summed E-state index contributed by atoms with van der Waals surface area (Å²) < 4.78 is 0. The maximum atomic E-state index is 12.1. The van der Waals surface area contributed by atoms with Crippen LogP contribution in [0.1, 0.15) is 28.3 Å². The average Bonchev–Trinajstić information content (AvgIpc) is 2.86. The lowest BCUT2D eigenvalue weighted by molar-refractivity contribution is -0.119. The molecule has 0 saturated heterocycles. The van der Waals surface area contributed by atoms with Gasteiger partial charge in [0, 0.05) is 16.2 Å². The Hall–Kier alpha value is -1.45. The third-order valence-electron chi connectivity index (χ3n) is 2.92. The number of rotatable bonds is 5. The van der Waals surface area contributed by atoms with Crippen LogP contribution in [0.4, 0.5) is 0 Å². The Morgan fingerprint density at radius 3 is 2.44 bits per heavy atom. The molecule has 94 valence electrons. The van der Waals surface area contributed by atoms with Crippen molar-refractivity contribution < 1.29 is 4.79 Å². The van der Waals surface area contributed by atoms with Crippen molar-refractivity contribution in [3.05, 3.63) is 57.8 Å². The number of hydrogen-bond donors (Lipinski definition) is 1. The molecule has 2 rings (SSSR count). The monoisotopic (exact) mass is 259 g/mol. The molecule has 2 N–H and O–H groups in total. The van der Waals surface area contributed by atoms with Gasteiger partial charge >= 0.3 is 0 Å². The maximum Gasteiger partial charge on any atom is 0.159 e. The van der Waals surface area contributed by atoms with Gasteiger partial charge in [0.1, 0.15) is 0 Å². The molecule has 0 spiro atoms. The number of benzene rings is 1. The van der Waals surface area contributed by atoms with Crippen LogP contribution in [-0.4, -0.2) is 5.78 Å². The van der Waals surface area contributed by atoms with Crippen molar-refractivity contribution in [2.45, 2.75) is 25.8 Å². The summed E-state index contributed by atoms with van der Waals surface area (Å²) in [6.07, 6.45) is 1.45. The summed E-state index contributed by atoms with van der Waals surface area (Å²) in [7, 11) is 0. The molecule has 1 aromatic carbocycles. The van der Waals surface area contributed by atoms with Crippen LogP contribution in [0.2, 0.25) is 0 Å². The number of thiophene rings is 1. The summed E-state index contributed by atoms with van der Waals surface area (Å²) in [5.41, 5.74) is 6.86. The van der Waals surface area contributed by atoms with Gasteiger partial charge in [0.2, 0.25) is 0 Å². The predicted molar refractivity (Wildman–Crippen MR) is 75.8 cm³/mol. The van der Waals surface area contributed by atoms with Crippen LogP contribution in [0, 0.1) is 0 Å². The molecule has 0 aliphatic rings. The molecule has 0 aliphatic carbocycles. The van der Waals surface area contributed by atoms with Crippen molar-refractivity contribution in [3.63, 3.8) is 0 Å². The van der Waals surface area contributed by atoms with E-state index in [0.29, 0.717) is 6.42 Å². The van der Waals surface area contributed by atoms with Gasteiger partial charge < -0.3 is 5.73 Å². The summed E-state index contributed by atoms with van der Waals surface area (Å²) in [5, 5.41) is 0. The first kappa shape index (κ1) is 13.0. The van der Waals surface area contributed by atoms with Crippen LogP contribution in [0.5, 0.6) is 0 Å². The molecule has 1 heterocycles. The highest BCUT2D eigenvalue weighted by molar-refractivity contribution is 7.12. The van der Waals surface area contributed by atoms with Gasteiger partial charge in [0.15, 0.2) is 5.78 Å². The van der Waals surface area contributed by atoms with Crippen molar-refractivity contribution in [3.8, 4) is 0 Å². The van der Waals surface area contributed by atoms with Crippen molar-refractivity contribution in [2.24, 2.45) is 5.73 Å². The highest BCUT2D eigenvalue weighted by Gasteiger charge is 2.16. The summed E-state index contributed by atoms with van der Waals surface area (Å²) in [4.78, 5) is 14.5. The smallest absolute Gasteiger partial charge is 0.159 e. The number of Topliss-reactive ketones (excluding diaryl/α,β-unsaturated/α-hetero) is 1. The van der Waals surface area contributed by atoms with E-state index in [-0.39, 0.29) is 5.78 Å². The van der Waals surface area contributed by atoms with Crippen molar-refractivity contribution in [2.75, 3.05) is 0 Å². The second-order valence-corrected chi connectivity index (χ2v) is 5.51. The molecule has 1 aromatic heterocycles. The van der Waals surface area contributed by atoms with Crippen LogP contribution in [0.15, 0.2) is 42.5 Å². The van der Waals surface area contributed by atoms with Crippen molar-refractivity contribution in [1.29, 1.82) is 0 Å². The van der Waals surface area contributed by atoms with Crippen molar-refractivity contribution in [1.82, 2.24) is 0 Å². The standard InChI is InChI=1S/C15H17NOS/c1-2-12-8-9-13(18-12)10-14(17)15(16)11-6-4-3-5-7-11/h3-9,15H,2,10,16H2,1H3/t15-/m1/s1.